The summed E-state index contributed by atoms with van der Waals surface area (Å²) in [5.41, 5.74) is 1.53. The molecule has 1 N–H and O–H groups in total. The molecule has 0 saturated carbocycles. The number of nitrogens with zero attached hydrogens (tertiary/aromatic N) is 3. The maximum absolute atomic E-state index is 10.3. The molecule has 5 nitrogen and oxygen atoms in total. The van der Waals surface area contributed by atoms with Crippen LogP contribution in [-0.2, 0) is 4.79 Å². The van der Waals surface area contributed by atoms with Gasteiger partial charge in [0.05, 0.1) is 5.69 Å². The molecule has 5 heteroatoms. The van der Waals surface area contributed by atoms with Crippen LogP contribution in [0.2, 0.25) is 0 Å². The summed E-state index contributed by atoms with van der Waals surface area (Å²) in [7, 11) is 3.57. The Bertz CT molecular complexity index is 408. The lowest BCUT2D eigenvalue weighted by Crippen LogP contribution is -1.98. The number of hydrogen-bond acceptors (Lipinski definition) is 3. The van der Waals surface area contributed by atoms with Crippen molar-refractivity contribution in [3.8, 4) is 0 Å². The van der Waals surface area contributed by atoms with Gasteiger partial charge in [-0.05, 0) is 23.8 Å². The van der Waals surface area contributed by atoms with Crippen molar-refractivity contribution < 1.29 is 9.90 Å². The third kappa shape index (κ3) is 4.36. The van der Waals surface area contributed by atoms with Crippen LogP contribution < -0.4 is 0 Å². The number of aliphatic carboxylic acids is 1. The molecule has 84 valence electrons. The van der Waals surface area contributed by atoms with Gasteiger partial charge >= 0.3 is 5.97 Å². The van der Waals surface area contributed by atoms with Gasteiger partial charge in [-0.2, -0.15) is 0 Å². The van der Waals surface area contributed by atoms with E-state index in [0.29, 0.717) is 0 Å². The van der Waals surface area contributed by atoms with Crippen molar-refractivity contribution in [2.24, 2.45) is 10.3 Å². The second-order valence-electron chi connectivity index (χ2n) is 3.30. The molecule has 0 radical (unpaired) electrons. The molecule has 0 amide bonds. The highest BCUT2D eigenvalue weighted by molar-refractivity contribution is 5.85. The van der Waals surface area contributed by atoms with Crippen molar-refractivity contribution in [3.63, 3.8) is 0 Å². The van der Waals surface area contributed by atoms with Crippen molar-refractivity contribution in [1.82, 2.24) is 5.01 Å². The SMILES string of the molecule is CN(C)N=Nc1ccc(C=CC(=O)O)cc1. The van der Waals surface area contributed by atoms with E-state index in [2.05, 4.69) is 10.3 Å². The van der Waals surface area contributed by atoms with Crippen molar-refractivity contribution in [1.29, 1.82) is 0 Å². The summed E-state index contributed by atoms with van der Waals surface area (Å²) in [5.74, 6) is -0.962. The minimum atomic E-state index is -0.962. The second-order valence-corrected chi connectivity index (χ2v) is 3.30. The van der Waals surface area contributed by atoms with Gasteiger partial charge in [-0.25, -0.2) is 4.79 Å². The highest BCUT2D eigenvalue weighted by atomic mass is 16.4. The second kappa shape index (κ2) is 5.65. The molecule has 16 heavy (non-hydrogen) atoms. The van der Waals surface area contributed by atoms with E-state index >= 15 is 0 Å². The molecule has 0 heterocycles. The molecule has 0 spiro atoms. The van der Waals surface area contributed by atoms with E-state index in [-0.39, 0.29) is 0 Å². The first-order valence-electron chi connectivity index (χ1n) is 4.68. The number of carboxylic acid groups (broad SMARTS) is 1. The minimum Gasteiger partial charge on any atom is -0.478 e. The van der Waals surface area contributed by atoms with E-state index < -0.39 is 5.97 Å². The lowest BCUT2D eigenvalue weighted by molar-refractivity contribution is -0.131. The summed E-state index contributed by atoms with van der Waals surface area (Å²) in [6.07, 6.45) is 2.62. The number of carboxylic acids is 1. The fraction of sp³-hybridized carbons (Fsp3) is 0.182. The van der Waals surface area contributed by atoms with Gasteiger partial charge in [-0.3, -0.25) is 5.01 Å². The van der Waals surface area contributed by atoms with Gasteiger partial charge in [0.2, 0.25) is 0 Å². The van der Waals surface area contributed by atoms with Crippen molar-refractivity contribution >= 4 is 17.7 Å². The van der Waals surface area contributed by atoms with Gasteiger partial charge in [-0.1, -0.05) is 17.4 Å². The standard InChI is InChI=1S/C11H13N3O2/c1-14(2)13-12-10-6-3-9(4-7-10)5-8-11(15)16/h3-8H,1-2H3,(H,15,16). The van der Waals surface area contributed by atoms with Crippen LogP contribution in [0.3, 0.4) is 0 Å². The maximum atomic E-state index is 10.3. The lowest BCUT2D eigenvalue weighted by Gasteiger charge is -2.00. The first-order valence-corrected chi connectivity index (χ1v) is 4.68. The lowest BCUT2D eigenvalue weighted by atomic mass is 10.2. The van der Waals surface area contributed by atoms with E-state index in [1.54, 1.807) is 43.4 Å². The smallest absolute Gasteiger partial charge is 0.328 e. The van der Waals surface area contributed by atoms with Crippen LogP contribution in [-0.4, -0.2) is 30.2 Å². The van der Waals surface area contributed by atoms with Crippen LogP contribution in [0, 0.1) is 0 Å². The van der Waals surface area contributed by atoms with E-state index in [4.69, 9.17) is 5.11 Å². The molecule has 0 aromatic heterocycles. The zero-order valence-corrected chi connectivity index (χ0v) is 9.16. The Hall–Kier alpha value is -2.17. The number of hydrogen-bond donors (Lipinski definition) is 1. The Labute approximate surface area is 93.7 Å². The van der Waals surface area contributed by atoms with Gasteiger partial charge in [0.25, 0.3) is 0 Å². The number of rotatable bonds is 4. The van der Waals surface area contributed by atoms with Gasteiger partial charge in [-0.15, -0.1) is 5.11 Å². The van der Waals surface area contributed by atoms with E-state index in [1.807, 2.05) is 0 Å². The average Bonchev–Trinajstić information content (AvgIpc) is 2.25. The highest BCUT2D eigenvalue weighted by Crippen LogP contribution is 2.14. The van der Waals surface area contributed by atoms with E-state index in [1.165, 1.54) is 6.08 Å². The summed E-state index contributed by atoms with van der Waals surface area (Å²) in [6, 6.07) is 7.11. The van der Waals surface area contributed by atoms with Gasteiger partial charge in [0, 0.05) is 20.2 Å². The molecule has 1 rings (SSSR count). The normalized spacial score (nSPS) is 11.1. The van der Waals surface area contributed by atoms with Gasteiger partial charge in [0.15, 0.2) is 0 Å². The van der Waals surface area contributed by atoms with Gasteiger partial charge < -0.3 is 5.11 Å². The first-order chi connectivity index (χ1) is 7.58. The molecular weight excluding hydrogens is 206 g/mol. The predicted octanol–water partition coefficient (Wildman–Crippen LogP) is 2.34. The summed E-state index contributed by atoms with van der Waals surface area (Å²) in [4.78, 5) is 10.3. The molecule has 0 saturated heterocycles. The van der Waals surface area contributed by atoms with Crippen LogP contribution in [0.15, 0.2) is 40.7 Å². The third-order valence-electron chi connectivity index (χ3n) is 1.65. The molecular formula is C11H13N3O2. The Kier molecular flexibility index (Phi) is 4.20. The van der Waals surface area contributed by atoms with Crippen molar-refractivity contribution in [2.75, 3.05) is 14.1 Å². The summed E-state index contributed by atoms with van der Waals surface area (Å²) in [6.45, 7) is 0. The third-order valence-corrected chi connectivity index (χ3v) is 1.65. The Morgan fingerprint density at radius 1 is 1.31 bits per heavy atom. The molecule has 0 atom stereocenters. The monoisotopic (exact) mass is 219 g/mol. The molecule has 1 aromatic carbocycles. The highest BCUT2D eigenvalue weighted by Gasteiger charge is 1.91. The maximum Gasteiger partial charge on any atom is 0.328 e. The molecule has 0 aliphatic heterocycles. The predicted molar refractivity (Wildman–Crippen MR) is 61.3 cm³/mol. The fourth-order valence-electron chi connectivity index (χ4n) is 0.961. The Morgan fingerprint density at radius 3 is 2.44 bits per heavy atom. The molecule has 0 aliphatic rings. The van der Waals surface area contributed by atoms with Crippen LogP contribution in [0.5, 0.6) is 0 Å². The van der Waals surface area contributed by atoms with Crippen LogP contribution in [0.25, 0.3) is 6.08 Å². The summed E-state index contributed by atoms with van der Waals surface area (Å²) in [5, 5.41) is 17.8. The molecule has 0 fully saturated rings. The van der Waals surface area contributed by atoms with E-state index in [0.717, 1.165) is 17.3 Å². The average molecular weight is 219 g/mol. The summed E-state index contributed by atoms with van der Waals surface area (Å²) < 4.78 is 0. The van der Waals surface area contributed by atoms with Gasteiger partial charge in [0.1, 0.15) is 0 Å². The number of carbonyl (C=O) groups is 1. The zero-order chi connectivity index (χ0) is 12.0. The van der Waals surface area contributed by atoms with Crippen molar-refractivity contribution in [2.45, 2.75) is 0 Å². The van der Waals surface area contributed by atoms with Crippen molar-refractivity contribution in [3.05, 3.63) is 35.9 Å². The zero-order valence-electron chi connectivity index (χ0n) is 9.16. The summed E-state index contributed by atoms with van der Waals surface area (Å²) >= 11 is 0. The van der Waals surface area contributed by atoms with Crippen LogP contribution >= 0.6 is 0 Å². The Morgan fingerprint density at radius 2 is 1.94 bits per heavy atom. The largest absolute Gasteiger partial charge is 0.478 e. The first kappa shape index (κ1) is 11.9. The quantitative estimate of drug-likeness (QED) is 0.480. The van der Waals surface area contributed by atoms with Crippen LogP contribution in [0.1, 0.15) is 5.56 Å². The molecule has 1 aromatic rings. The topological polar surface area (TPSA) is 65.3 Å². The minimum absolute atomic E-state index is 0.723. The molecule has 0 bridgehead atoms. The van der Waals surface area contributed by atoms with E-state index in [9.17, 15) is 4.79 Å². The fourth-order valence-corrected chi connectivity index (χ4v) is 0.961. The van der Waals surface area contributed by atoms with Crippen LogP contribution in [0.4, 0.5) is 5.69 Å². The Balaban J connectivity index is 2.71. The molecule has 0 unspecified atom stereocenters. The molecule has 0 aliphatic carbocycles. The number of benzene rings is 1.